The van der Waals surface area contributed by atoms with Crippen molar-refractivity contribution in [1.82, 2.24) is 4.98 Å². The number of methoxy groups -OCH3 is 1. The van der Waals surface area contributed by atoms with Crippen LogP contribution in [0.25, 0.3) is 10.9 Å². The number of fused-ring (bicyclic) bond motifs is 1. The number of carbonyl (C=O) groups is 1. The highest BCUT2D eigenvalue weighted by Gasteiger charge is 2.14. The Hall–Kier alpha value is -1.81. The minimum Gasteiger partial charge on any atom is -0.495 e. The number of ketones is 1. The minimum absolute atomic E-state index is 0.0791. The molecule has 0 radical (unpaired) electrons. The van der Waals surface area contributed by atoms with Gasteiger partial charge in [0.15, 0.2) is 5.78 Å². The number of nitrogens with two attached hydrogens (primary N) is 1. The van der Waals surface area contributed by atoms with Crippen LogP contribution in [0.3, 0.4) is 0 Å². The third-order valence-corrected chi connectivity index (χ3v) is 2.80. The second kappa shape index (κ2) is 5.01. The summed E-state index contributed by atoms with van der Waals surface area (Å²) in [6.45, 7) is 0.528. The first-order valence-corrected chi connectivity index (χ1v) is 5.65. The van der Waals surface area contributed by atoms with Gasteiger partial charge in [-0.3, -0.25) is 4.79 Å². The van der Waals surface area contributed by atoms with E-state index in [1.165, 1.54) is 0 Å². The first kappa shape index (κ1) is 11.7. The standard InChI is InChI=1S/C13H16N2O2/c1-17-13-9-6-8-15-11(9)5-4-10(13)12(16)3-2-7-14/h4-6,8,15H,2-3,7,14H2,1H3. The van der Waals surface area contributed by atoms with Crippen LogP contribution in [-0.4, -0.2) is 24.4 Å². The number of H-pyrrole nitrogens is 1. The van der Waals surface area contributed by atoms with Crippen molar-refractivity contribution in [1.29, 1.82) is 0 Å². The lowest BCUT2D eigenvalue weighted by Gasteiger charge is -2.08. The lowest BCUT2D eigenvalue weighted by molar-refractivity contribution is 0.0978. The van der Waals surface area contributed by atoms with Crippen LogP contribution in [0.5, 0.6) is 5.75 Å². The van der Waals surface area contributed by atoms with E-state index in [1.54, 1.807) is 13.2 Å². The zero-order valence-corrected chi connectivity index (χ0v) is 9.82. The Bertz CT molecular complexity index is 531. The summed E-state index contributed by atoms with van der Waals surface area (Å²) >= 11 is 0. The second-order valence-corrected chi connectivity index (χ2v) is 3.90. The fraction of sp³-hybridized carbons (Fsp3) is 0.308. The van der Waals surface area contributed by atoms with Gasteiger partial charge in [-0.1, -0.05) is 0 Å². The van der Waals surface area contributed by atoms with Gasteiger partial charge in [-0.25, -0.2) is 0 Å². The number of ether oxygens (including phenoxy) is 1. The quantitative estimate of drug-likeness (QED) is 0.776. The number of aromatic amines is 1. The molecule has 0 saturated heterocycles. The van der Waals surface area contributed by atoms with Gasteiger partial charge in [-0.2, -0.15) is 0 Å². The van der Waals surface area contributed by atoms with Gasteiger partial charge in [-0.15, -0.1) is 0 Å². The van der Waals surface area contributed by atoms with Gasteiger partial charge in [-0.05, 0) is 31.2 Å². The van der Waals surface area contributed by atoms with Crippen molar-refractivity contribution in [3.63, 3.8) is 0 Å². The highest BCUT2D eigenvalue weighted by atomic mass is 16.5. The lowest BCUT2D eigenvalue weighted by Crippen LogP contribution is -2.06. The Kier molecular flexibility index (Phi) is 3.44. The molecule has 0 amide bonds. The van der Waals surface area contributed by atoms with Gasteiger partial charge in [0.2, 0.25) is 0 Å². The molecule has 1 heterocycles. The Balaban J connectivity index is 2.42. The number of hydrogen-bond acceptors (Lipinski definition) is 3. The van der Waals surface area contributed by atoms with Crippen LogP contribution in [0.15, 0.2) is 24.4 Å². The molecule has 0 bridgehead atoms. The maximum absolute atomic E-state index is 12.0. The van der Waals surface area contributed by atoms with E-state index in [4.69, 9.17) is 10.5 Å². The summed E-state index contributed by atoms with van der Waals surface area (Å²) in [5.74, 6) is 0.723. The number of aromatic nitrogens is 1. The summed E-state index contributed by atoms with van der Waals surface area (Å²) in [6, 6.07) is 5.61. The molecular formula is C13H16N2O2. The first-order valence-electron chi connectivity index (χ1n) is 5.65. The molecule has 0 aliphatic rings. The summed E-state index contributed by atoms with van der Waals surface area (Å²) in [7, 11) is 1.58. The van der Waals surface area contributed by atoms with Gasteiger partial charge in [0.05, 0.1) is 12.7 Å². The normalized spacial score (nSPS) is 10.7. The SMILES string of the molecule is COc1c(C(=O)CCCN)ccc2[nH]ccc12. The molecule has 1 aromatic carbocycles. The van der Waals surface area contributed by atoms with E-state index in [2.05, 4.69) is 4.98 Å². The van der Waals surface area contributed by atoms with E-state index in [-0.39, 0.29) is 5.78 Å². The number of rotatable bonds is 5. The molecule has 0 fully saturated rings. The van der Waals surface area contributed by atoms with Crippen molar-refractivity contribution in [3.8, 4) is 5.75 Å². The maximum Gasteiger partial charge on any atom is 0.166 e. The average molecular weight is 232 g/mol. The van der Waals surface area contributed by atoms with Crippen molar-refractivity contribution in [2.45, 2.75) is 12.8 Å². The number of benzene rings is 1. The van der Waals surface area contributed by atoms with Crippen LogP contribution in [0, 0.1) is 0 Å². The number of hydrogen-bond donors (Lipinski definition) is 2. The van der Waals surface area contributed by atoms with E-state index in [0.29, 0.717) is 30.7 Å². The Labute approximate surface area is 99.8 Å². The first-order chi connectivity index (χ1) is 8.27. The van der Waals surface area contributed by atoms with Gasteiger partial charge < -0.3 is 15.5 Å². The van der Waals surface area contributed by atoms with Crippen molar-refractivity contribution in [3.05, 3.63) is 30.0 Å². The topological polar surface area (TPSA) is 68.1 Å². The highest BCUT2D eigenvalue weighted by molar-refractivity contribution is 6.04. The molecule has 0 atom stereocenters. The molecule has 1 aromatic heterocycles. The molecule has 3 N–H and O–H groups in total. The van der Waals surface area contributed by atoms with E-state index < -0.39 is 0 Å². The fourth-order valence-corrected chi connectivity index (χ4v) is 1.94. The van der Waals surface area contributed by atoms with E-state index in [9.17, 15) is 4.79 Å². The van der Waals surface area contributed by atoms with Gasteiger partial charge in [0.1, 0.15) is 5.75 Å². The van der Waals surface area contributed by atoms with Gasteiger partial charge in [0.25, 0.3) is 0 Å². The molecule has 0 saturated carbocycles. The molecule has 90 valence electrons. The molecule has 0 unspecified atom stereocenters. The third kappa shape index (κ3) is 2.17. The molecule has 0 aliphatic carbocycles. The van der Waals surface area contributed by atoms with E-state index in [1.807, 2.05) is 18.3 Å². The fourth-order valence-electron chi connectivity index (χ4n) is 1.94. The van der Waals surface area contributed by atoms with Crippen molar-refractivity contribution < 1.29 is 9.53 Å². The minimum atomic E-state index is 0.0791. The average Bonchev–Trinajstić information content (AvgIpc) is 2.82. The largest absolute Gasteiger partial charge is 0.495 e. The highest BCUT2D eigenvalue weighted by Crippen LogP contribution is 2.30. The Morgan fingerprint density at radius 2 is 2.24 bits per heavy atom. The smallest absolute Gasteiger partial charge is 0.166 e. The number of nitrogens with one attached hydrogen (secondary N) is 1. The Morgan fingerprint density at radius 1 is 1.41 bits per heavy atom. The monoisotopic (exact) mass is 232 g/mol. The van der Waals surface area contributed by atoms with Crippen molar-refractivity contribution in [2.24, 2.45) is 5.73 Å². The molecule has 2 rings (SSSR count). The predicted molar refractivity (Wildman–Crippen MR) is 67.5 cm³/mol. The molecular weight excluding hydrogens is 216 g/mol. The van der Waals surface area contributed by atoms with Gasteiger partial charge in [0, 0.05) is 23.5 Å². The summed E-state index contributed by atoms with van der Waals surface area (Å²) in [5.41, 5.74) is 7.01. The molecule has 4 heteroatoms. The van der Waals surface area contributed by atoms with Crippen molar-refractivity contribution in [2.75, 3.05) is 13.7 Å². The molecule has 4 nitrogen and oxygen atoms in total. The number of carbonyl (C=O) groups excluding carboxylic acids is 1. The zero-order valence-electron chi connectivity index (χ0n) is 9.82. The zero-order chi connectivity index (χ0) is 12.3. The molecule has 17 heavy (non-hydrogen) atoms. The summed E-state index contributed by atoms with van der Waals surface area (Å²) < 4.78 is 5.35. The summed E-state index contributed by atoms with van der Waals surface area (Å²) in [6.07, 6.45) is 3.00. The third-order valence-electron chi connectivity index (χ3n) is 2.80. The predicted octanol–water partition coefficient (Wildman–Crippen LogP) is 2.10. The molecule has 0 aliphatic heterocycles. The van der Waals surface area contributed by atoms with Crippen LogP contribution < -0.4 is 10.5 Å². The molecule has 2 aromatic rings. The lowest BCUT2D eigenvalue weighted by atomic mass is 10.0. The second-order valence-electron chi connectivity index (χ2n) is 3.90. The summed E-state index contributed by atoms with van der Waals surface area (Å²) in [5, 5.41) is 0.936. The van der Waals surface area contributed by atoms with Crippen molar-refractivity contribution >= 4 is 16.7 Å². The Morgan fingerprint density at radius 3 is 2.94 bits per heavy atom. The molecule has 0 spiro atoms. The van der Waals surface area contributed by atoms with Crippen LogP contribution in [-0.2, 0) is 0 Å². The summed E-state index contributed by atoms with van der Waals surface area (Å²) in [4.78, 5) is 15.1. The van der Waals surface area contributed by atoms with Crippen LogP contribution in [0.4, 0.5) is 0 Å². The maximum atomic E-state index is 12.0. The van der Waals surface area contributed by atoms with Gasteiger partial charge >= 0.3 is 0 Å². The van der Waals surface area contributed by atoms with Crippen LogP contribution >= 0.6 is 0 Å². The van der Waals surface area contributed by atoms with Crippen LogP contribution in [0.2, 0.25) is 0 Å². The van der Waals surface area contributed by atoms with E-state index >= 15 is 0 Å². The number of Topliss-reactive ketones (excluding diaryl/α,β-unsaturated/α-hetero) is 1. The van der Waals surface area contributed by atoms with E-state index in [0.717, 1.165) is 10.9 Å². The van der Waals surface area contributed by atoms with Crippen LogP contribution in [0.1, 0.15) is 23.2 Å².